The molecule has 2 fully saturated rings. The Morgan fingerprint density at radius 1 is 1.26 bits per heavy atom. The molecular formula is C20H18N4O7. The third-order valence-corrected chi connectivity index (χ3v) is 6.91. The number of hydrogen-bond donors (Lipinski definition) is 3. The molecule has 11 nitrogen and oxygen atoms in total. The van der Waals surface area contributed by atoms with E-state index >= 15 is 0 Å². The average molecular weight is 426 g/mol. The largest absolute Gasteiger partial charge is 0.507 e. The number of aromatic hydroxyl groups is 1. The second-order valence-corrected chi connectivity index (χ2v) is 8.31. The zero-order valence-corrected chi connectivity index (χ0v) is 16.3. The van der Waals surface area contributed by atoms with E-state index in [4.69, 9.17) is 11.3 Å². The van der Waals surface area contributed by atoms with Crippen LogP contribution in [0.2, 0.25) is 0 Å². The highest BCUT2D eigenvalue weighted by molar-refractivity contribution is 6.31. The molecule has 31 heavy (non-hydrogen) atoms. The summed E-state index contributed by atoms with van der Waals surface area (Å²) in [5.41, 5.74) is 11.5. The summed E-state index contributed by atoms with van der Waals surface area (Å²) in [5, 5.41) is 25.0. The number of carbonyl (C=O) groups is 5. The fraction of sp³-hybridized carbons (Fsp3) is 0.450. The van der Waals surface area contributed by atoms with Gasteiger partial charge in [-0.1, -0.05) is 12.0 Å². The molecule has 11 heteroatoms. The number of benzene rings is 1. The Morgan fingerprint density at radius 2 is 1.94 bits per heavy atom. The third kappa shape index (κ3) is 2.57. The number of amides is 1. The van der Waals surface area contributed by atoms with Crippen LogP contribution in [0.4, 0.5) is 5.69 Å². The minimum atomic E-state index is -2.69. The van der Waals surface area contributed by atoms with Gasteiger partial charge in [0.2, 0.25) is 5.91 Å². The molecule has 0 saturated heterocycles. The second kappa shape index (κ2) is 6.73. The van der Waals surface area contributed by atoms with Crippen LogP contribution in [-0.4, -0.2) is 44.9 Å². The fourth-order valence-corrected chi connectivity index (χ4v) is 5.46. The Labute approximate surface area is 174 Å². The van der Waals surface area contributed by atoms with Crippen LogP contribution in [0, 0.1) is 23.7 Å². The van der Waals surface area contributed by atoms with E-state index in [1.807, 2.05) is 0 Å². The lowest BCUT2D eigenvalue weighted by molar-refractivity contribution is -0.176. The average Bonchev–Trinajstić information content (AvgIpc) is 2.69. The van der Waals surface area contributed by atoms with E-state index in [0.29, 0.717) is 0 Å². The molecule has 160 valence electrons. The lowest BCUT2D eigenvalue weighted by Gasteiger charge is -2.50. The normalized spacial score (nSPS) is 34.3. The van der Waals surface area contributed by atoms with Gasteiger partial charge < -0.3 is 15.9 Å². The smallest absolute Gasteiger partial charge is 0.235 e. The Hall–Kier alpha value is -3.56. The van der Waals surface area contributed by atoms with Gasteiger partial charge >= 0.3 is 0 Å². The van der Waals surface area contributed by atoms with Crippen LogP contribution >= 0.6 is 0 Å². The van der Waals surface area contributed by atoms with Crippen molar-refractivity contribution in [3.05, 3.63) is 33.7 Å². The molecule has 0 heterocycles. The molecule has 4 N–H and O–H groups in total. The summed E-state index contributed by atoms with van der Waals surface area (Å²) >= 11 is 0. The predicted octanol–water partition coefficient (Wildman–Crippen LogP) is 0.830. The summed E-state index contributed by atoms with van der Waals surface area (Å²) in [5.74, 6) is -11.5. The lowest BCUT2D eigenvalue weighted by atomic mass is 9.52. The second-order valence-electron chi connectivity index (χ2n) is 8.31. The number of carbonyl (C=O) groups excluding carboxylic acids is 5. The zero-order chi connectivity index (χ0) is 22.8. The van der Waals surface area contributed by atoms with Crippen molar-refractivity contribution in [3.63, 3.8) is 0 Å². The predicted molar refractivity (Wildman–Crippen MR) is 102 cm³/mol. The summed E-state index contributed by atoms with van der Waals surface area (Å²) in [6.45, 7) is 1.68. The van der Waals surface area contributed by atoms with Gasteiger partial charge in [0, 0.05) is 22.9 Å². The van der Waals surface area contributed by atoms with E-state index in [1.165, 1.54) is 6.07 Å². The molecular weight excluding hydrogens is 408 g/mol. The minimum Gasteiger partial charge on any atom is -0.507 e. The number of fused-ring (bicyclic) bond motifs is 3. The molecule has 0 aliphatic heterocycles. The van der Waals surface area contributed by atoms with Gasteiger partial charge in [-0.3, -0.25) is 24.0 Å². The maximum Gasteiger partial charge on any atom is 0.235 e. The highest BCUT2D eigenvalue weighted by Gasteiger charge is 2.66. The van der Waals surface area contributed by atoms with Crippen LogP contribution in [0.3, 0.4) is 0 Å². The van der Waals surface area contributed by atoms with Crippen molar-refractivity contribution in [2.24, 2.45) is 34.5 Å². The maximum atomic E-state index is 13.4. The molecule has 1 amide bonds. The van der Waals surface area contributed by atoms with E-state index in [9.17, 15) is 34.2 Å². The van der Waals surface area contributed by atoms with E-state index < -0.39 is 76.4 Å². The van der Waals surface area contributed by atoms with E-state index in [-0.39, 0.29) is 23.2 Å². The Kier molecular flexibility index (Phi) is 4.49. The first-order valence-corrected chi connectivity index (χ1v) is 9.63. The minimum absolute atomic E-state index is 0.0341. The number of azide groups is 1. The molecule has 0 aromatic heterocycles. The highest BCUT2D eigenvalue weighted by Crippen LogP contribution is 2.55. The van der Waals surface area contributed by atoms with Crippen LogP contribution in [0.25, 0.3) is 10.4 Å². The first-order chi connectivity index (χ1) is 14.5. The van der Waals surface area contributed by atoms with Crippen molar-refractivity contribution in [1.82, 2.24) is 0 Å². The molecule has 3 aliphatic rings. The van der Waals surface area contributed by atoms with Crippen LogP contribution in [0.15, 0.2) is 17.2 Å². The van der Waals surface area contributed by atoms with Crippen LogP contribution in [-0.2, 0) is 19.2 Å². The lowest BCUT2D eigenvalue weighted by Crippen LogP contribution is -2.68. The summed E-state index contributed by atoms with van der Waals surface area (Å²) in [4.78, 5) is 66.2. The van der Waals surface area contributed by atoms with Gasteiger partial charge in [0.05, 0.1) is 11.5 Å². The molecule has 2 unspecified atom stereocenters. The fourth-order valence-electron chi connectivity index (χ4n) is 5.46. The summed E-state index contributed by atoms with van der Waals surface area (Å²) in [7, 11) is 0. The van der Waals surface area contributed by atoms with Crippen molar-refractivity contribution in [2.75, 3.05) is 0 Å². The summed E-state index contributed by atoms with van der Waals surface area (Å²) in [6, 6.07) is 2.51. The van der Waals surface area contributed by atoms with Crippen LogP contribution < -0.4 is 5.73 Å². The van der Waals surface area contributed by atoms with Gasteiger partial charge in [-0.15, -0.1) is 0 Å². The number of ketones is 4. The Bertz CT molecular complexity index is 1140. The Morgan fingerprint density at radius 3 is 2.55 bits per heavy atom. The quantitative estimate of drug-likeness (QED) is 0.269. The van der Waals surface area contributed by atoms with E-state index in [2.05, 4.69) is 10.0 Å². The first-order valence-electron chi connectivity index (χ1n) is 9.63. The number of aliphatic hydroxyl groups is 1. The molecule has 1 aromatic carbocycles. The topological polar surface area (TPSA) is 201 Å². The molecule has 0 spiro atoms. The number of Topliss-reactive ketones (excluding diaryl/α,β-unsaturated/α-hetero) is 4. The summed E-state index contributed by atoms with van der Waals surface area (Å²) < 4.78 is 0. The number of phenolic OH excluding ortho intramolecular Hbond substituents is 1. The van der Waals surface area contributed by atoms with E-state index in [0.717, 1.165) is 6.07 Å². The number of primary amides is 1. The standard InChI is InChI=1S/C20H18N4O7/c1-6-8-4-7-5-11(26)15(19(21)30)18(29)20(7,31)17(28)13(8)16(27)14-10(25)3-2-9(12(6)14)23-24-22/h2-3,6-8,13,15,25,31H,4-5H2,1H3,(H2,21,30)/t6-,7+,8-,13?,15?,20+/m1/s1. The van der Waals surface area contributed by atoms with Gasteiger partial charge in [-0.05, 0) is 41.5 Å². The van der Waals surface area contributed by atoms with Gasteiger partial charge in [0.1, 0.15) is 5.75 Å². The van der Waals surface area contributed by atoms with Crippen molar-refractivity contribution < 1.29 is 34.2 Å². The van der Waals surface area contributed by atoms with Gasteiger partial charge in [-0.25, -0.2) is 0 Å². The number of nitrogens with two attached hydrogens (primary N) is 1. The molecule has 0 radical (unpaired) electrons. The van der Waals surface area contributed by atoms with E-state index in [1.54, 1.807) is 6.92 Å². The van der Waals surface area contributed by atoms with Crippen LogP contribution in [0.5, 0.6) is 5.75 Å². The zero-order valence-electron chi connectivity index (χ0n) is 16.3. The van der Waals surface area contributed by atoms with Gasteiger partial charge in [-0.2, -0.15) is 0 Å². The molecule has 2 saturated carbocycles. The number of phenols is 1. The molecule has 4 rings (SSSR count). The van der Waals surface area contributed by atoms with Gasteiger partial charge in [0.25, 0.3) is 0 Å². The molecule has 6 atom stereocenters. The van der Waals surface area contributed by atoms with Crippen molar-refractivity contribution in [3.8, 4) is 5.75 Å². The molecule has 0 bridgehead atoms. The Balaban J connectivity index is 1.88. The third-order valence-electron chi connectivity index (χ3n) is 6.91. The van der Waals surface area contributed by atoms with Crippen molar-refractivity contribution in [1.29, 1.82) is 0 Å². The summed E-state index contributed by atoms with van der Waals surface area (Å²) in [6.07, 6.45) is -0.449. The van der Waals surface area contributed by atoms with Crippen LogP contribution in [0.1, 0.15) is 41.6 Å². The monoisotopic (exact) mass is 426 g/mol. The van der Waals surface area contributed by atoms with Gasteiger partial charge in [0.15, 0.2) is 34.7 Å². The molecule has 1 aromatic rings. The highest BCUT2D eigenvalue weighted by atomic mass is 16.3. The molecule has 3 aliphatic carbocycles. The maximum absolute atomic E-state index is 13.4. The first kappa shape index (κ1) is 20.7. The number of nitrogens with zero attached hydrogens (tertiary/aromatic N) is 3. The number of hydrogen-bond acceptors (Lipinski definition) is 8. The van der Waals surface area contributed by atoms with Crippen molar-refractivity contribution in [2.45, 2.75) is 31.3 Å². The van der Waals surface area contributed by atoms with Crippen molar-refractivity contribution >= 4 is 34.7 Å². The SMILES string of the molecule is C[C@H]1c2c(N=[N+]=[N-])ccc(O)c2C(=O)C2C(=O)[C@]3(O)C(=O)C(C(N)=O)C(=O)C[C@@H]3C[C@@H]21. The number of rotatable bonds is 2.